The molecule has 0 saturated heterocycles. The van der Waals surface area contributed by atoms with E-state index in [1.54, 1.807) is 0 Å². The molecule has 158 valence electrons. The van der Waals surface area contributed by atoms with Crippen LogP contribution in [0.25, 0.3) is 0 Å². The van der Waals surface area contributed by atoms with Crippen LogP contribution >= 0.6 is 0 Å². The van der Waals surface area contributed by atoms with Gasteiger partial charge in [-0.1, -0.05) is 0 Å². The van der Waals surface area contributed by atoms with Crippen LogP contribution in [0.15, 0.2) is 12.1 Å². The lowest BCUT2D eigenvalue weighted by atomic mass is 9.99. The zero-order chi connectivity index (χ0) is 20.5. The highest BCUT2D eigenvalue weighted by atomic mass is 16.5. The fourth-order valence-corrected chi connectivity index (χ4v) is 3.33. The van der Waals surface area contributed by atoms with Gasteiger partial charge in [0.15, 0.2) is 11.5 Å². The van der Waals surface area contributed by atoms with Crippen molar-refractivity contribution < 1.29 is 14.3 Å². The molecule has 0 aromatic heterocycles. The summed E-state index contributed by atoms with van der Waals surface area (Å²) in [4.78, 5) is 16.8. The Bertz CT molecular complexity index is 634. The third-order valence-corrected chi connectivity index (χ3v) is 5.26. The number of nitrogens with one attached hydrogen (secondary N) is 1. The molecule has 28 heavy (non-hydrogen) atoms. The molecule has 0 spiro atoms. The molecule has 1 aromatic rings. The molecule has 0 bridgehead atoms. The van der Waals surface area contributed by atoms with Crippen molar-refractivity contribution in [2.24, 2.45) is 0 Å². The molecule has 6 nitrogen and oxygen atoms in total. The van der Waals surface area contributed by atoms with E-state index in [1.165, 1.54) is 5.56 Å². The fourth-order valence-electron chi connectivity index (χ4n) is 3.33. The van der Waals surface area contributed by atoms with Crippen molar-refractivity contribution in [3.63, 3.8) is 0 Å². The van der Waals surface area contributed by atoms with Gasteiger partial charge < -0.3 is 24.6 Å². The highest BCUT2D eigenvalue weighted by Crippen LogP contribution is 2.33. The van der Waals surface area contributed by atoms with Crippen LogP contribution in [-0.4, -0.2) is 61.8 Å². The van der Waals surface area contributed by atoms with Crippen LogP contribution in [0.3, 0.4) is 0 Å². The van der Waals surface area contributed by atoms with Crippen molar-refractivity contribution in [3.05, 3.63) is 23.3 Å². The first-order valence-electron chi connectivity index (χ1n) is 10.6. The fraction of sp³-hybridized carbons (Fsp3) is 0.682. The molecule has 1 aromatic carbocycles. The van der Waals surface area contributed by atoms with Crippen molar-refractivity contribution in [2.45, 2.75) is 59.5 Å². The summed E-state index contributed by atoms with van der Waals surface area (Å²) in [7, 11) is 2.14. The van der Waals surface area contributed by atoms with Gasteiger partial charge in [-0.15, -0.1) is 0 Å². The van der Waals surface area contributed by atoms with Gasteiger partial charge in [0.05, 0.1) is 13.2 Å². The van der Waals surface area contributed by atoms with E-state index in [2.05, 4.69) is 37.2 Å². The monoisotopic (exact) mass is 391 g/mol. The summed E-state index contributed by atoms with van der Waals surface area (Å²) < 4.78 is 11.4. The van der Waals surface area contributed by atoms with Gasteiger partial charge >= 0.3 is 6.03 Å². The van der Waals surface area contributed by atoms with Crippen LogP contribution in [0.4, 0.5) is 4.79 Å². The van der Waals surface area contributed by atoms with Crippen LogP contribution in [0.2, 0.25) is 0 Å². The van der Waals surface area contributed by atoms with E-state index in [0.29, 0.717) is 25.8 Å². The molecule has 0 aliphatic carbocycles. The molecule has 0 saturated carbocycles. The Morgan fingerprint density at radius 2 is 1.79 bits per heavy atom. The van der Waals surface area contributed by atoms with Gasteiger partial charge in [0, 0.05) is 25.7 Å². The quantitative estimate of drug-likeness (QED) is 0.618. The summed E-state index contributed by atoms with van der Waals surface area (Å²) in [5.41, 5.74) is 2.39. The molecular formula is C22H37N3O3. The standard InChI is InChI=1S/C22H37N3O3/c1-6-27-20-14-18-10-13-25(16-19(18)15-21(20)28-7-2)22(26)23-11-8-9-12-24(5)17(3)4/h14-15,17H,6-13,16H2,1-5H3,(H,23,26). The third kappa shape index (κ3) is 6.30. The number of amides is 2. The predicted octanol–water partition coefficient (Wildman–Crippen LogP) is 3.67. The second-order valence-corrected chi connectivity index (χ2v) is 7.62. The van der Waals surface area contributed by atoms with E-state index >= 15 is 0 Å². The SMILES string of the molecule is CCOc1cc2c(cc1OCC)CN(C(=O)NCCCCN(C)C(C)C)CC2. The largest absolute Gasteiger partial charge is 0.490 e. The van der Waals surface area contributed by atoms with Crippen LogP contribution in [0.5, 0.6) is 11.5 Å². The van der Waals surface area contributed by atoms with E-state index in [4.69, 9.17) is 9.47 Å². The lowest BCUT2D eigenvalue weighted by molar-refractivity contribution is 0.191. The summed E-state index contributed by atoms with van der Waals surface area (Å²) in [6.45, 7) is 12.7. The molecule has 6 heteroatoms. The third-order valence-electron chi connectivity index (χ3n) is 5.26. The Morgan fingerprint density at radius 3 is 2.39 bits per heavy atom. The van der Waals surface area contributed by atoms with Crippen molar-refractivity contribution in [1.29, 1.82) is 0 Å². The zero-order valence-electron chi connectivity index (χ0n) is 18.2. The summed E-state index contributed by atoms with van der Waals surface area (Å²) in [5, 5.41) is 3.07. The molecular weight excluding hydrogens is 354 g/mol. The average molecular weight is 392 g/mol. The summed E-state index contributed by atoms with van der Waals surface area (Å²) in [5.74, 6) is 1.56. The lowest BCUT2D eigenvalue weighted by Gasteiger charge is -2.30. The van der Waals surface area contributed by atoms with Crippen LogP contribution in [0.1, 0.15) is 51.7 Å². The Morgan fingerprint density at radius 1 is 1.14 bits per heavy atom. The number of carbonyl (C=O) groups is 1. The lowest BCUT2D eigenvalue weighted by Crippen LogP contribution is -2.43. The normalized spacial score (nSPS) is 13.6. The predicted molar refractivity (Wildman–Crippen MR) is 113 cm³/mol. The maximum Gasteiger partial charge on any atom is 0.317 e. The maximum atomic E-state index is 12.5. The van der Waals surface area contributed by atoms with E-state index < -0.39 is 0 Å². The van der Waals surface area contributed by atoms with Gasteiger partial charge in [-0.25, -0.2) is 4.79 Å². The van der Waals surface area contributed by atoms with Gasteiger partial charge in [0.2, 0.25) is 0 Å². The van der Waals surface area contributed by atoms with E-state index in [9.17, 15) is 4.79 Å². The zero-order valence-corrected chi connectivity index (χ0v) is 18.2. The van der Waals surface area contributed by atoms with Crippen molar-refractivity contribution in [1.82, 2.24) is 15.1 Å². The molecule has 2 rings (SSSR count). The number of ether oxygens (including phenoxy) is 2. The number of unbranched alkanes of at least 4 members (excludes halogenated alkanes) is 1. The number of carbonyl (C=O) groups excluding carboxylic acids is 1. The molecule has 0 atom stereocenters. The van der Waals surface area contributed by atoms with Gasteiger partial charge in [0.1, 0.15) is 0 Å². The molecule has 1 aliphatic heterocycles. The Balaban J connectivity index is 1.86. The average Bonchev–Trinajstić information content (AvgIpc) is 2.67. The van der Waals surface area contributed by atoms with E-state index in [1.807, 2.05) is 24.8 Å². The molecule has 0 unspecified atom stereocenters. The van der Waals surface area contributed by atoms with Crippen molar-refractivity contribution in [2.75, 3.05) is 39.9 Å². The number of hydrogen-bond acceptors (Lipinski definition) is 4. The molecule has 2 amide bonds. The topological polar surface area (TPSA) is 54.0 Å². The molecule has 0 radical (unpaired) electrons. The highest BCUT2D eigenvalue weighted by Gasteiger charge is 2.22. The molecule has 1 aliphatic rings. The first kappa shape index (κ1) is 22.3. The number of benzene rings is 1. The summed E-state index contributed by atoms with van der Waals surface area (Å²) in [6.07, 6.45) is 2.93. The first-order chi connectivity index (χ1) is 13.5. The number of nitrogens with zero attached hydrogens (tertiary/aromatic N) is 2. The Labute approximate surface area is 170 Å². The van der Waals surface area contributed by atoms with E-state index in [0.717, 1.165) is 56.0 Å². The van der Waals surface area contributed by atoms with Gasteiger partial charge in [-0.2, -0.15) is 0 Å². The minimum Gasteiger partial charge on any atom is -0.490 e. The van der Waals surface area contributed by atoms with E-state index in [-0.39, 0.29) is 6.03 Å². The number of urea groups is 1. The highest BCUT2D eigenvalue weighted by molar-refractivity contribution is 5.74. The van der Waals surface area contributed by atoms with Crippen molar-refractivity contribution >= 4 is 6.03 Å². The minimum atomic E-state index is 0.0229. The molecule has 1 heterocycles. The summed E-state index contributed by atoms with van der Waals surface area (Å²) in [6, 6.07) is 4.69. The number of hydrogen-bond donors (Lipinski definition) is 1. The van der Waals surface area contributed by atoms with Crippen LogP contribution in [0, 0.1) is 0 Å². The first-order valence-corrected chi connectivity index (χ1v) is 10.6. The van der Waals surface area contributed by atoms with Crippen LogP contribution < -0.4 is 14.8 Å². The smallest absolute Gasteiger partial charge is 0.317 e. The van der Waals surface area contributed by atoms with Crippen LogP contribution in [-0.2, 0) is 13.0 Å². The second kappa shape index (κ2) is 11.1. The van der Waals surface area contributed by atoms with Gasteiger partial charge in [0.25, 0.3) is 0 Å². The molecule has 0 fully saturated rings. The Hall–Kier alpha value is -1.95. The van der Waals surface area contributed by atoms with Gasteiger partial charge in [-0.3, -0.25) is 0 Å². The summed E-state index contributed by atoms with van der Waals surface area (Å²) >= 11 is 0. The number of rotatable bonds is 10. The Kier molecular flexibility index (Phi) is 8.90. The van der Waals surface area contributed by atoms with Crippen molar-refractivity contribution in [3.8, 4) is 11.5 Å². The minimum absolute atomic E-state index is 0.0229. The van der Waals surface area contributed by atoms with Gasteiger partial charge in [-0.05, 0) is 83.8 Å². The molecule has 1 N–H and O–H groups in total. The maximum absolute atomic E-state index is 12.5. The number of fused-ring (bicyclic) bond motifs is 1. The second-order valence-electron chi connectivity index (χ2n) is 7.62.